The smallest absolute Gasteiger partial charge is 0.313 e. The van der Waals surface area contributed by atoms with E-state index in [0.29, 0.717) is 17.1 Å². The van der Waals surface area contributed by atoms with Crippen LogP contribution in [0, 0.1) is 12.7 Å². The van der Waals surface area contributed by atoms with Crippen LogP contribution < -0.4 is 0 Å². The third kappa shape index (κ3) is 2.40. The molecule has 1 heterocycles. The number of halogens is 1. The van der Waals surface area contributed by atoms with Gasteiger partial charge in [0.2, 0.25) is 0 Å². The maximum atomic E-state index is 13.6. The van der Waals surface area contributed by atoms with Crippen molar-refractivity contribution in [1.82, 2.24) is 9.97 Å². The van der Waals surface area contributed by atoms with E-state index in [-0.39, 0.29) is 18.2 Å². The van der Waals surface area contributed by atoms with Crippen LogP contribution in [0.4, 0.5) is 4.39 Å². The van der Waals surface area contributed by atoms with E-state index in [1.807, 2.05) is 0 Å². The number of benzene rings is 1. The monoisotopic (exact) mass is 248 g/mol. The number of ether oxygens (including phenoxy) is 1. The summed E-state index contributed by atoms with van der Waals surface area (Å²) >= 11 is 0. The zero-order chi connectivity index (χ0) is 13.1. The van der Waals surface area contributed by atoms with Crippen LogP contribution in [0.25, 0.3) is 11.3 Å². The van der Waals surface area contributed by atoms with E-state index in [9.17, 15) is 9.18 Å². The van der Waals surface area contributed by atoms with Gasteiger partial charge in [-0.1, -0.05) is 12.1 Å². The molecule has 0 bridgehead atoms. The number of methoxy groups -OCH3 is 1. The lowest BCUT2D eigenvalue weighted by molar-refractivity contribution is -0.139. The van der Waals surface area contributed by atoms with Gasteiger partial charge < -0.3 is 9.72 Å². The zero-order valence-corrected chi connectivity index (χ0v) is 10.2. The number of nitrogens with zero attached hydrogens (tertiary/aromatic N) is 1. The Morgan fingerprint density at radius 3 is 2.83 bits per heavy atom. The number of H-pyrrole nitrogens is 1. The Morgan fingerprint density at radius 1 is 1.44 bits per heavy atom. The van der Waals surface area contributed by atoms with Crippen LogP contribution in [0.3, 0.4) is 0 Å². The molecule has 2 aromatic rings. The van der Waals surface area contributed by atoms with Crippen LogP contribution >= 0.6 is 0 Å². The summed E-state index contributed by atoms with van der Waals surface area (Å²) in [7, 11) is 1.32. The molecule has 0 aliphatic heterocycles. The van der Waals surface area contributed by atoms with Gasteiger partial charge in [0.05, 0.1) is 12.8 Å². The van der Waals surface area contributed by atoms with Crippen LogP contribution in [-0.4, -0.2) is 23.0 Å². The molecule has 0 saturated carbocycles. The van der Waals surface area contributed by atoms with Crippen LogP contribution in [0.2, 0.25) is 0 Å². The van der Waals surface area contributed by atoms with Crippen LogP contribution in [0.1, 0.15) is 11.5 Å². The predicted octanol–water partition coefficient (Wildman–Crippen LogP) is 2.24. The minimum atomic E-state index is -0.385. The number of hydrogen-bond acceptors (Lipinski definition) is 3. The Hall–Kier alpha value is -2.17. The molecule has 5 heteroatoms. The summed E-state index contributed by atoms with van der Waals surface area (Å²) in [6.07, 6.45) is 0.0474. The number of imidazole rings is 1. The highest BCUT2D eigenvalue weighted by Crippen LogP contribution is 2.23. The molecule has 0 atom stereocenters. The number of rotatable bonds is 3. The molecule has 0 radical (unpaired) electrons. The van der Waals surface area contributed by atoms with Gasteiger partial charge in [-0.05, 0) is 19.1 Å². The van der Waals surface area contributed by atoms with Gasteiger partial charge in [-0.2, -0.15) is 0 Å². The number of nitrogens with one attached hydrogen (secondary N) is 1. The van der Waals surface area contributed by atoms with Crippen molar-refractivity contribution in [3.8, 4) is 11.3 Å². The Balaban J connectivity index is 2.35. The fraction of sp³-hybridized carbons (Fsp3) is 0.231. The maximum absolute atomic E-state index is 13.6. The van der Waals surface area contributed by atoms with Crippen molar-refractivity contribution in [3.05, 3.63) is 41.6 Å². The van der Waals surface area contributed by atoms with E-state index in [2.05, 4.69) is 14.7 Å². The molecule has 1 N–H and O–H groups in total. The summed E-state index contributed by atoms with van der Waals surface area (Å²) in [5.41, 5.74) is 1.66. The van der Waals surface area contributed by atoms with Gasteiger partial charge in [0.1, 0.15) is 18.1 Å². The number of carbonyl (C=O) groups is 1. The van der Waals surface area contributed by atoms with E-state index in [1.165, 1.54) is 13.2 Å². The maximum Gasteiger partial charge on any atom is 0.313 e. The molecule has 0 unspecified atom stereocenters. The van der Waals surface area contributed by atoms with E-state index < -0.39 is 0 Å². The lowest BCUT2D eigenvalue weighted by atomic mass is 10.1. The second kappa shape index (κ2) is 5.00. The molecule has 18 heavy (non-hydrogen) atoms. The average Bonchev–Trinajstić information content (AvgIpc) is 2.70. The Kier molecular flexibility index (Phi) is 3.41. The molecule has 2 rings (SSSR count). The van der Waals surface area contributed by atoms with Crippen molar-refractivity contribution in [2.75, 3.05) is 7.11 Å². The quantitative estimate of drug-likeness (QED) is 0.847. The molecule has 0 aliphatic carbocycles. The highest BCUT2D eigenvalue weighted by atomic mass is 19.1. The van der Waals surface area contributed by atoms with Crippen molar-refractivity contribution in [2.24, 2.45) is 0 Å². The number of carbonyl (C=O) groups excluding carboxylic acids is 1. The van der Waals surface area contributed by atoms with Gasteiger partial charge >= 0.3 is 5.97 Å². The molecule has 0 amide bonds. The first-order valence-corrected chi connectivity index (χ1v) is 5.49. The summed E-state index contributed by atoms with van der Waals surface area (Å²) in [6, 6.07) is 6.40. The topological polar surface area (TPSA) is 55.0 Å². The van der Waals surface area contributed by atoms with Gasteiger partial charge in [-0.3, -0.25) is 4.79 Å². The summed E-state index contributed by atoms with van der Waals surface area (Å²) in [4.78, 5) is 18.3. The molecule has 1 aromatic carbocycles. The lowest BCUT2D eigenvalue weighted by Crippen LogP contribution is -2.05. The first-order valence-electron chi connectivity index (χ1n) is 5.49. The number of aryl methyl sites for hydroxylation is 1. The minimum absolute atomic E-state index is 0.0474. The fourth-order valence-corrected chi connectivity index (χ4v) is 1.73. The summed E-state index contributed by atoms with van der Waals surface area (Å²) in [6.45, 7) is 1.79. The molecule has 0 aliphatic rings. The first-order chi connectivity index (χ1) is 8.61. The molecule has 1 aromatic heterocycles. The number of esters is 1. The molecule has 0 fully saturated rings. The Morgan fingerprint density at radius 2 is 2.17 bits per heavy atom. The van der Waals surface area contributed by atoms with Crippen molar-refractivity contribution >= 4 is 5.97 Å². The van der Waals surface area contributed by atoms with Gasteiger partial charge in [0.25, 0.3) is 0 Å². The molecule has 94 valence electrons. The predicted molar refractivity (Wildman–Crippen MR) is 64.4 cm³/mol. The standard InChI is InChI=1S/C13H13FN2O2/c1-8-13(9-5-3-4-6-10(9)14)16-11(15-8)7-12(17)18-2/h3-6H,7H2,1-2H3,(H,15,16). The summed E-state index contributed by atoms with van der Waals surface area (Å²) < 4.78 is 18.2. The molecule has 4 nitrogen and oxygen atoms in total. The highest BCUT2D eigenvalue weighted by molar-refractivity contribution is 5.72. The van der Waals surface area contributed by atoms with E-state index in [4.69, 9.17) is 0 Å². The van der Waals surface area contributed by atoms with Crippen LogP contribution in [0.15, 0.2) is 24.3 Å². The van der Waals surface area contributed by atoms with E-state index in [1.54, 1.807) is 25.1 Å². The van der Waals surface area contributed by atoms with E-state index in [0.717, 1.165) is 5.69 Å². The van der Waals surface area contributed by atoms with Crippen LogP contribution in [-0.2, 0) is 16.0 Å². The number of aromatic nitrogens is 2. The Bertz CT molecular complexity index is 578. The number of aromatic amines is 1. The summed E-state index contributed by atoms with van der Waals surface area (Å²) in [5, 5.41) is 0. The Labute approximate surface area is 104 Å². The van der Waals surface area contributed by atoms with Gasteiger partial charge in [-0.25, -0.2) is 9.37 Å². The van der Waals surface area contributed by atoms with Gasteiger partial charge in [0, 0.05) is 11.3 Å². The molecular formula is C13H13FN2O2. The van der Waals surface area contributed by atoms with Crippen molar-refractivity contribution in [3.63, 3.8) is 0 Å². The third-order valence-corrected chi connectivity index (χ3v) is 2.60. The molecule has 0 saturated heterocycles. The normalized spacial score (nSPS) is 10.4. The van der Waals surface area contributed by atoms with Crippen LogP contribution in [0.5, 0.6) is 0 Å². The van der Waals surface area contributed by atoms with Crippen molar-refractivity contribution in [1.29, 1.82) is 0 Å². The van der Waals surface area contributed by atoms with Crippen molar-refractivity contribution < 1.29 is 13.9 Å². The average molecular weight is 248 g/mol. The summed E-state index contributed by atoms with van der Waals surface area (Å²) in [5.74, 6) is -0.252. The van der Waals surface area contributed by atoms with Crippen molar-refractivity contribution in [2.45, 2.75) is 13.3 Å². The SMILES string of the molecule is COC(=O)Cc1nc(-c2ccccc2F)c(C)[nH]1. The second-order valence-electron chi connectivity index (χ2n) is 3.89. The first kappa shape index (κ1) is 12.3. The minimum Gasteiger partial charge on any atom is -0.469 e. The third-order valence-electron chi connectivity index (χ3n) is 2.60. The molecule has 0 spiro atoms. The lowest BCUT2D eigenvalue weighted by Gasteiger charge is -1.99. The molecular weight excluding hydrogens is 235 g/mol. The number of hydrogen-bond donors (Lipinski definition) is 1. The van der Waals surface area contributed by atoms with Gasteiger partial charge in [0.15, 0.2) is 0 Å². The fourth-order valence-electron chi connectivity index (χ4n) is 1.73. The highest BCUT2D eigenvalue weighted by Gasteiger charge is 2.14. The van der Waals surface area contributed by atoms with Gasteiger partial charge in [-0.15, -0.1) is 0 Å². The largest absolute Gasteiger partial charge is 0.469 e. The second-order valence-corrected chi connectivity index (χ2v) is 3.89. The van der Waals surface area contributed by atoms with E-state index >= 15 is 0 Å². The zero-order valence-electron chi connectivity index (χ0n) is 10.2.